The van der Waals surface area contributed by atoms with Gasteiger partial charge in [0.15, 0.2) is 11.5 Å². The van der Waals surface area contributed by atoms with Gasteiger partial charge in [0.25, 0.3) is 11.5 Å². The second-order valence-electron chi connectivity index (χ2n) is 9.68. The number of carbonyl (C=O) groups is 2. The number of benzene rings is 4. The predicted octanol–water partition coefficient (Wildman–Crippen LogP) is 6.98. The van der Waals surface area contributed by atoms with Gasteiger partial charge in [0.2, 0.25) is 0 Å². The molecule has 0 aliphatic carbocycles. The molecule has 9 nitrogen and oxygen atoms in total. The van der Waals surface area contributed by atoms with E-state index in [-0.39, 0.29) is 38.4 Å². The van der Waals surface area contributed by atoms with E-state index in [9.17, 15) is 14.4 Å². The normalized spacial score (nSPS) is 11.3. The number of anilines is 2. The van der Waals surface area contributed by atoms with Crippen LogP contribution in [-0.2, 0) is 9.53 Å². The van der Waals surface area contributed by atoms with Crippen molar-refractivity contribution in [3.8, 4) is 5.69 Å². The Balaban J connectivity index is 1.76. The van der Waals surface area contributed by atoms with Crippen LogP contribution in [0.25, 0.3) is 16.6 Å². The second-order valence-corrected chi connectivity index (χ2v) is 10.5. The van der Waals surface area contributed by atoms with Crippen LogP contribution in [0.15, 0.2) is 94.7 Å². The first kappa shape index (κ1) is 30.5. The minimum Gasteiger partial charge on any atom is -0.465 e. The third-order valence-corrected chi connectivity index (χ3v) is 7.36. The van der Waals surface area contributed by atoms with Crippen molar-refractivity contribution in [3.63, 3.8) is 0 Å². The first-order valence-electron chi connectivity index (χ1n) is 13.6. The maximum Gasteiger partial charge on any atom is 0.339 e. The lowest BCUT2D eigenvalue weighted by Crippen LogP contribution is -2.33. The lowest BCUT2D eigenvalue weighted by atomic mass is 10.1. The molecule has 0 spiro atoms. The zero-order valence-corrected chi connectivity index (χ0v) is 25.5. The molecule has 222 valence electrons. The smallest absolute Gasteiger partial charge is 0.339 e. The maximum absolute atomic E-state index is 14.2. The number of amides is 1. The van der Waals surface area contributed by atoms with Gasteiger partial charge in [-0.15, -0.1) is 0 Å². The van der Waals surface area contributed by atoms with Gasteiger partial charge in [0.05, 0.1) is 50.7 Å². The number of ether oxygens (including phenoxy) is 1. The van der Waals surface area contributed by atoms with Gasteiger partial charge in [-0.25, -0.2) is 14.8 Å². The Morgan fingerprint density at radius 2 is 1.68 bits per heavy atom. The number of aromatic nitrogens is 2. The molecule has 0 saturated heterocycles. The van der Waals surface area contributed by atoms with E-state index in [1.54, 1.807) is 54.6 Å². The van der Waals surface area contributed by atoms with Crippen molar-refractivity contribution in [3.05, 3.63) is 122 Å². The van der Waals surface area contributed by atoms with Crippen LogP contribution < -0.4 is 16.2 Å². The van der Waals surface area contributed by atoms with Crippen LogP contribution in [-0.4, -0.2) is 40.8 Å². The van der Waals surface area contributed by atoms with Gasteiger partial charge in [0.1, 0.15) is 0 Å². The molecule has 0 radical (unpaired) electrons. The summed E-state index contributed by atoms with van der Waals surface area (Å²) in [5.41, 5.74) is 2.57. The van der Waals surface area contributed by atoms with Crippen molar-refractivity contribution in [2.75, 3.05) is 24.3 Å². The zero-order chi connectivity index (χ0) is 31.4. The molecule has 11 heteroatoms. The fraction of sp³-hybridized carbons (Fsp3) is 0.121. The maximum atomic E-state index is 14.2. The number of halogens is 2. The summed E-state index contributed by atoms with van der Waals surface area (Å²) in [7, 11) is 1.22. The van der Waals surface area contributed by atoms with Crippen molar-refractivity contribution in [2.24, 2.45) is 4.99 Å². The molecule has 0 unspecified atom stereocenters. The van der Waals surface area contributed by atoms with Crippen molar-refractivity contribution < 1.29 is 14.3 Å². The van der Waals surface area contributed by atoms with Crippen LogP contribution >= 0.6 is 23.2 Å². The number of nitrogens with zero attached hydrogens (tertiary/aromatic N) is 3. The summed E-state index contributed by atoms with van der Waals surface area (Å²) in [6, 6.07) is 23.9. The number of hydrogen-bond donors (Lipinski definition) is 2. The first-order valence-corrected chi connectivity index (χ1v) is 14.4. The van der Waals surface area contributed by atoms with Crippen molar-refractivity contribution in [1.29, 1.82) is 0 Å². The van der Waals surface area contributed by atoms with Crippen LogP contribution in [0.4, 0.5) is 17.1 Å². The molecule has 0 saturated carbocycles. The van der Waals surface area contributed by atoms with E-state index in [1.165, 1.54) is 23.8 Å². The van der Waals surface area contributed by atoms with Crippen molar-refractivity contribution >= 4 is 68.8 Å². The highest BCUT2D eigenvalue weighted by Crippen LogP contribution is 2.31. The molecule has 4 aromatic carbocycles. The molecule has 2 N–H and O–H groups in total. The third kappa shape index (κ3) is 6.20. The number of hydrogen-bond acceptors (Lipinski definition) is 7. The number of esters is 1. The van der Waals surface area contributed by atoms with Gasteiger partial charge in [-0.2, -0.15) is 0 Å². The summed E-state index contributed by atoms with van der Waals surface area (Å²) >= 11 is 12.7. The van der Waals surface area contributed by atoms with Crippen molar-refractivity contribution in [2.45, 2.75) is 13.8 Å². The molecule has 5 rings (SSSR count). The monoisotopic (exact) mass is 627 g/mol. The van der Waals surface area contributed by atoms with Crippen LogP contribution in [0.2, 0.25) is 10.0 Å². The summed E-state index contributed by atoms with van der Waals surface area (Å²) in [6.45, 7) is 4.59. The Labute approximate surface area is 263 Å². The summed E-state index contributed by atoms with van der Waals surface area (Å²) in [6.07, 6.45) is 0. The first-order chi connectivity index (χ1) is 21.2. The largest absolute Gasteiger partial charge is 0.465 e. The number of nitrogens with one attached hydrogen (secondary N) is 2. The number of rotatable bonds is 8. The van der Waals surface area contributed by atoms with Crippen LogP contribution in [0.3, 0.4) is 0 Å². The van der Waals surface area contributed by atoms with Gasteiger partial charge < -0.3 is 15.4 Å². The number of methoxy groups -OCH3 is 1. The number of fused-ring (bicyclic) bond motifs is 1. The van der Waals surface area contributed by atoms with Crippen LogP contribution in [0.1, 0.15) is 28.7 Å². The van der Waals surface area contributed by atoms with E-state index >= 15 is 0 Å². The molecule has 0 fully saturated rings. The molecule has 1 amide bonds. The molecule has 44 heavy (non-hydrogen) atoms. The molecule has 1 heterocycles. The molecular formula is C33H27Cl2N5O4. The van der Waals surface area contributed by atoms with Crippen LogP contribution in [0, 0.1) is 6.92 Å². The number of carbonyl (C=O) groups excluding carboxylic acids is 2. The van der Waals surface area contributed by atoms with E-state index in [0.29, 0.717) is 22.3 Å². The average molecular weight is 629 g/mol. The standard InChI is InChI=1S/C33H27Cl2N5O4/c1-4-36-20-14-15-26(19(2)16-20)37-29(31(41)39-28-17-23(33(43)44-3)24(34)18-25(28)35)30-38-27-13-9-8-12-22(27)32(42)40(30)21-10-6-5-7-11-21/h5-18,36H,4H2,1-3H3,(H,39,41). The Hall–Kier alpha value is -4.99. The second kappa shape index (κ2) is 13.1. The number of para-hydroxylation sites is 2. The fourth-order valence-electron chi connectivity index (χ4n) is 4.62. The highest BCUT2D eigenvalue weighted by molar-refractivity contribution is 6.49. The van der Waals surface area contributed by atoms with E-state index in [1.807, 2.05) is 32.0 Å². The van der Waals surface area contributed by atoms with Gasteiger partial charge in [-0.1, -0.05) is 53.5 Å². The van der Waals surface area contributed by atoms with Crippen molar-refractivity contribution in [1.82, 2.24) is 9.55 Å². The zero-order valence-electron chi connectivity index (χ0n) is 24.0. The Kier molecular flexibility index (Phi) is 9.08. The third-order valence-electron chi connectivity index (χ3n) is 6.74. The lowest BCUT2D eigenvalue weighted by Gasteiger charge is -2.17. The molecule has 0 aliphatic rings. The minimum absolute atomic E-state index is 0.00540. The quantitative estimate of drug-likeness (QED) is 0.142. The number of aryl methyl sites for hydroxylation is 1. The molecule has 0 bridgehead atoms. The van der Waals surface area contributed by atoms with Crippen LogP contribution in [0.5, 0.6) is 0 Å². The minimum atomic E-state index is -0.730. The Bertz CT molecular complexity index is 1990. The Morgan fingerprint density at radius 3 is 2.39 bits per heavy atom. The van der Waals surface area contributed by atoms with E-state index < -0.39 is 11.9 Å². The average Bonchev–Trinajstić information content (AvgIpc) is 3.02. The molecular weight excluding hydrogens is 601 g/mol. The molecule has 0 atom stereocenters. The SMILES string of the molecule is CCNc1ccc(N=C(C(=O)Nc2cc(C(=O)OC)c(Cl)cc2Cl)c2nc3ccccc3c(=O)n2-c2ccccc2)c(C)c1. The fourth-order valence-corrected chi connectivity index (χ4v) is 5.13. The summed E-state index contributed by atoms with van der Waals surface area (Å²) in [5, 5.41) is 6.49. The summed E-state index contributed by atoms with van der Waals surface area (Å²) in [4.78, 5) is 50.0. The van der Waals surface area contributed by atoms with E-state index in [2.05, 4.69) is 10.6 Å². The Morgan fingerprint density at radius 1 is 0.955 bits per heavy atom. The van der Waals surface area contributed by atoms with Gasteiger partial charge in [-0.3, -0.25) is 14.2 Å². The topological polar surface area (TPSA) is 115 Å². The van der Waals surface area contributed by atoms with Gasteiger partial charge in [0, 0.05) is 12.2 Å². The van der Waals surface area contributed by atoms with Gasteiger partial charge >= 0.3 is 5.97 Å². The summed E-state index contributed by atoms with van der Waals surface area (Å²) < 4.78 is 6.17. The molecule has 0 aliphatic heterocycles. The molecule has 5 aromatic rings. The van der Waals surface area contributed by atoms with E-state index in [0.717, 1.165) is 17.8 Å². The van der Waals surface area contributed by atoms with E-state index in [4.69, 9.17) is 37.9 Å². The highest BCUT2D eigenvalue weighted by Gasteiger charge is 2.25. The lowest BCUT2D eigenvalue weighted by molar-refractivity contribution is -0.110. The molecule has 1 aromatic heterocycles. The summed E-state index contributed by atoms with van der Waals surface area (Å²) in [5.74, 6) is -1.43. The van der Waals surface area contributed by atoms with Gasteiger partial charge in [-0.05, 0) is 74.0 Å². The predicted molar refractivity (Wildman–Crippen MR) is 175 cm³/mol. The number of aliphatic imine (C=N–C) groups is 1. The highest BCUT2D eigenvalue weighted by atomic mass is 35.5.